The smallest absolute Gasteiger partial charge is 0.340 e. The Balaban J connectivity index is 2.34. The SMILES string of the molecule is CCOC(=O)CCCNC(=O)COC(=O)c1ccccc1NCCO. The Kier molecular flexibility index (Phi) is 9.69. The number of rotatable bonds is 11. The van der Waals surface area contributed by atoms with E-state index >= 15 is 0 Å². The fourth-order valence-electron chi connectivity index (χ4n) is 1.96. The van der Waals surface area contributed by atoms with Gasteiger partial charge in [-0.15, -0.1) is 0 Å². The molecule has 0 saturated heterocycles. The number of amides is 1. The minimum Gasteiger partial charge on any atom is -0.466 e. The molecule has 0 spiro atoms. The average molecular weight is 352 g/mol. The maximum atomic E-state index is 12.1. The molecule has 0 bridgehead atoms. The van der Waals surface area contributed by atoms with Crippen LogP contribution in [0.25, 0.3) is 0 Å². The van der Waals surface area contributed by atoms with Crippen LogP contribution in [0.3, 0.4) is 0 Å². The van der Waals surface area contributed by atoms with Gasteiger partial charge in [0.15, 0.2) is 6.61 Å². The zero-order chi connectivity index (χ0) is 18.5. The van der Waals surface area contributed by atoms with Crippen LogP contribution in [0.5, 0.6) is 0 Å². The van der Waals surface area contributed by atoms with Crippen molar-refractivity contribution in [3.05, 3.63) is 29.8 Å². The number of carbonyl (C=O) groups excluding carboxylic acids is 3. The molecule has 1 aromatic rings. The highest BCUT2D eigenvalue weighted by Gasteiger charge is 2.14. The van der Waals surface area contributed by atoms with E-state index in [1.54, 1.807) is 31.2 Å². The van der Waals surface area contributed by atoms with E-state index in [9.17, 15) is 14.4 Å². The van der Waals surface area contributed by atoms with Crippen LogP contribution in [0.15, 0.2) is 24.3 Å². The highest BCUT2D eigenvalue weighted by Crippen LogP contribution is 2.15. The summed E-state index contributed by atoms with van der Waals surface area (Å²) in [5.41, 5.74) is 0.808. The third-order valence-electron chi connectivity index (χ3n) is 3.09. The van der Waals surface area contributed by atoms with Crippen LogP contribution < -0.4 is 10.6 Å². The number of anilines is 1. The minimum absolute atomic E-state index is 0.0718. The number of esters is 2. The van der Waals surface area contributed by atoms with Crippen LogP contribution in [0.1, 0.15) is 30.1 Å². The van der Waals surface area contributed by atoms with Crippen molar-refractivity contribution in [3.8, 4) is 0 Å². The third-order valence-corrected chi connectivity index (χ3v) is 3.09. The Hall–Kier alpha value is -2.61. The lowest BCUT2D eigenvalue weighted by Crippen LogP contribution is -2.30. The van der Waals surface area contributed by atoms with E-state index in [0.29, 0.717) is 31.8 Å². The van der Waals surface area contributed by atoms with E-state index in [0.717, 1.165) is 0 Å². The first-order chi connectivity index (χ1) is 12.1. The van der Waals surface area contributed by atoms with Crippen molar-refractivity contribution in [2.45, 2.75) is 19.8 Å². The molecular formula is C17H24N2O6. The van der Waals surface area contributed by atoms with Gasteiger partial charge in [0.2, 0.25) is 0 Å². The number of hydrogen-bond acceptors (Lipinski definition) is 7. The molecule has 0 heterocycles. The van der Waals surface area contributed by atoms with E-state index in [-0.39, 0.29) is 24.6 Å². The Morgan fingerprint density at radius 2 is 1.88 bits per heavy atom. The van der Waals surface area contributed by atoms with Crippen LogP contribution in [0.4, 0.5) is 5.69 Å². The standard InChI is InChI=1S/C17H24N2O6/c1-2-24-16(22)8-5-9-19-15(21)12-25-17(23)13-6-3-4-7-14(13)18-10-11-20/h3-4,6-7,18,20H,2,5,8-12H2,1H3,(H,19,21). The number of hydrogen-bond donors (Lipinski definition) is 3. The van der Waals surface area contributed by atoms with E-state index in [4.69, 9.17) is 14.6 Å². The molecule has 8 nitrogen and oxygen atoms in total. The summed E-state index contributed by atoms with van der Waals surface area (Å²) in [6.07, 6.45) is 0.671. The molecular weight excluding hydrogens is 328 g/mol. The first-order valence-corrected chi connectivity index (χ1v) is 8.11. The summed E-state index contributed by atoms with van der Waals surface area (Å²) in [5.74, 6) is -1.39. The van der Waals surface area contributed by atoms with Crippen molar-refractivity contribution in [2.24, 2.45) is 0 Å². The second kappa shape index (κ2) is 11.9. The highest BCUT2D eigenvalue weighted by molar-refractivity contribution is 5.96. The van der Waals surface area contributed by atoms with Crippen LogP contribution >= 0.6 is 0 Å². The molecule has 0 atom stereocenters. The van der Waals surface area contributed by atoms with Gasteiger partial charge in [-0.3, -0.25) is 9.59 Å². The van der Waals surface area contributed by atoms with E-state index in [2.05, 4.69) is 10.6 Å². The summed E-state index contributed by atoms with van der Waals surface area (Å²) >= 11 is 0. The van der Waals surface area contributed by atoms with Crippen molar-refractivity contribution >= 4 is 23.5 Å². The fraction of sp³-hybridized carbons (Fsp3) is 0.471. The fourth-order valence-corrected chi connectivity index (χ4v) is 1.96. The predicted octanol–water partition coefficient (Wildman–Crippen LogP) is 0.707. The molecule has 3 N–H and O–H groups in total. The molecule has 0 fully saturated rings. The Morgan fingerprint density at radius 3 is 2.60 bits per heavy atom. The first kappa shape index (κ1) is 20.4. The van der Waals surface area contributed by atoms with Gasteiger partial charge in [-0.2, -0.15) is 0 Å². The van der Waals surface area contributed by atoms with Crippen molar-refractivity contribution in [3.63, 3.8) is 0 Å². The van der Waals surface area contributed by atoms with Gasteiger partial charge in [-0.1, -0.05) is 12.1 Å². The number of ether oxygens (including phenoxy) is 2. The van der Waals surface area contributed by atoms with Crippen molar-refractivity contribution in [1.82, 2.24) is 5.32 Å². The van der Waals surface area contributed by atoms with Crippen LogP contribution in [0, 0.1) is 0 Å². The Labute approximate surface area is 146 Å². The average Bonchev–Trinajstić information content (AvgIpc) is 2.62. The molecule has 8 heteroatoms. The topological polar surface area (TPSA) is 114 Å². The van der Waals surface area contributed by atoms with Gasteiger partial charge in [0, 0.05) is 25.2 Å². The Morgan fingerprint density at radius 1 is 1.12 bits per heavy atom. The number of aliphatic hydroxyl groups excluding tert-OH is 1. The van der Waals surface area contributed by atoms with E-state index in [1.165, 1.54) is 0 Å². The number of nitrogens with one attached hydrogen (secondary N) is 2. The van der Waals surface area contributed by atoms with Gasteiger partial charge in [0.05, 0.1) is 18.8 Å². The van der Waals surface area contributed by atoms with Crippen LogP contribution in [-0.4, -0.2) is 55.9 Å². The maximum absolute atomic E-state index is 12.1. The van der Waals surface area contributed by atoms with Gasteiger partial charge in [-0.05, 0) is 25.5 Å². The van der Waals surface area contributed by atoms with Crippen molar-refractivity contribution in [1.29, 1.82) is 0 Å². The van der Waals surface area contributed by atoms with Gasteiger partial charge < -0.3 is 25.2 Å². The number of aliphatic hydroxyl groups is 1. The lowest BCUT2D eigenvalue weighted by atomic mass is 10.2. The molecule has 1 rings (SSSR count). The summed E-state index contributed by atoms with van der Waals surface area (Å²) in [6.45, 7) is 2.17. The lowest BCUT2D eigenvalue weighted by Gasteiger charge is -2.11. The predicted molar refractivity (Wildman–Crippen MR) is 91.2 cm³/mol. The van der Waals surface area contributed by atoms with Gasteiger partial charge in [0.25, 0.3) is 5.91 Å². The summed E-state index contributed by atoms with van der Waals surface area (Å²) in [6, 6.07) is 6.67. The quantitative estimate of drug-likeness (QED) is 0.397. The molecule has 0 radical (unpaired) electrons. The lowest BCUT2D eigenvalue weighted by molar-refractivity contribution is -0.143. The third kappa shape index (κ3) is 8.16. The molecule has 1 aromatic carbocycles. The van der Waals surface area contributed by atoms with Crippen molar-refractivity contribution < 1.29 is 29.0 Å². The second-order valence-electron chi connectivity index (χ2n) is 5.03. The normalized spacial score (nSPS) is 10.0. The monoisotopic (exact) mass is 352 g/mol. The highest BCUT2D eigenvalue weighted by atomic mass is 16.5. The molecule has 0 aromatic heterocycles. The van der Waals surface area contributed by atoms with Crippen LogP contribution in [0.2, 0.25) is 0 Å². The molecule has 0 aliphatic rings. The zero-order valence-corrected chi connectivity index (χ0v) is 14.2. The second-order valence-corrected chi connectivity index (χ2v) is 5.03. The molecule has 138 valence electrons. The summed E-state index contributed by atoms with van der Waals surface area (Å²) in [4.78, 5) is 34.9. The van der Waals surface area contributed by atoms with Gasteiger partial charge in [-0.25, -0.2) is 4.79 Å². The summed E-state index contributed by atoms with van der Waals surface area (Å²) in [5, 5.41) is 14.3. The minimum atomic E-state index is -0.636. The molecule has 0 aliphatic carbocycles. The molecule has 0 aliphatic heterocycles. The van der Waals surface area contributed by atoms with Gasteiger partial charge >= 0.3 is 11.9 Å². The maximum Gasteiger partial charge on any atom is 0.340 e. The van der Waals surface area contributed by atoms with Crippen molar-refractivity contribution in [2.75, 3.05) is 38.2 Å². The van der Waals surface area contributed by atoms with E-state index < -0.39 is 18.5 Å². The van der Waals surface area contributed by atoms with E-state index in [1.807, 2.05) is 0 Å². The zero-order valence-electron chi connectivity index (χ0n) is 14.2. The number of carbonyl (C=O) groups is 3. The van der Waals surface area contributed by atoms with Gasteiger partial charge in [0.1, 0.15) is 0 Å². The Bertz CT molecular complexity index is 576. The molecule has 25 heavy (non-hydrogen) atoms. The number of benzene rings is 1. The summed E-state index contributed by atoms with van der Waals surface area (Å²) < 4.78 is 9.76. The largest absolute Gasteiger partial charge is 0.466 e. The number of para-hydroxylation sites is 1. The van der Waals surface area contributed by atoms with Crippen LogP contribution in [-0.2, 0) is 19.1 Å². The molecule has 0 saturated carbocycles. The summed E-state index contributed by atoms with van der Waals surface area (Å²) in [7, 11) is 0. The molecule has 0 unspecified atom stereocenters. The molecule has 1 amide bonds. The first-order valence-electron chi connectivity index (χ1n) is 8.11.